The highest BCUT2D eigenvalue weighted by atomic mass is 16.2. The Morgan fingerprint density at radius 3 is 2.45 bits per heavy atom. The van der Waals surface area contributed by atoms with Crippen LogP contribution in [0.1, 0.15) is 54.0 Å². The lowest BCUT2D eigenvalue weighted by Crippen LogP contribution is -2.51. The summed E-state index contributed by atoms with van der Waals surface area (Å²) in [5.74, 6) is 0.297. The number of anilines is 2. The summed E-state index contributed by atoms with van der Waals surface area (Å²) in [4.78, 5) is 63.9. The largest absolute Gasteiger partial charge is 0.343 e. The van der Waals surface area contributed by atoms with Crippen molar-refractivity contribution in [3.05, 3.63) is 88.6 Å². The van der Waals surface area contributed by atoms with E-state index in [4.69, 9.17) is 0 Å². The number of hydrogen-bond donors (Lipinski definition) is 3. The molecule has 1 spiro atoms. The topological polar surface area (TPSA) is 127 Å². The van der Waals surface area contributed by atoms with Gasteiger partial charge in [0.2, 0.25) is 23.6 Å². The third kappa shape index (κ3) is 7.09. The normalized spacial score (nSPS) is 19.0. The number of pyridine rings is 1. The first kappa shape index (κ1) is 34.3. The van der Waals surface area contributed by atoms with Crippen LogP contribution in [0.25, 0.3) is 0 Å². The molecule has 4 amide bonds. The van der Waals surface area contributed by atoms with Crippen molar-refractivity contribution in [2.45, 2.75) is 57.5 Å². The van der Waals surface area contributed by atoms with Gasteiger partial charge in [-0.05, 0) is 87.3 Å². The predicted molar refractivity (Wildman–Crippen MR) is 189 cm³/mol. The molecule has 3 N–H and O–H groups in total. The molecular formula is C38H47N7O4. The van der Waals surface area contributed by atoms with E-state index in [0.29, 0.717) is 76.3 Å². The zero-order valence-corrected chi connectivity index (χ0v) is 29.0. The van der Waals surface area contributed by atoms with Crippen LogP contribution in [0.5, 0.6) is 0 Å². The first-order chi connectivity index (χ1) is 23.5. The van der Waals surface area contributed by atoms with Gasteiger partial charge in [0, 0.05) is 62.0 Å². The van der Waals surface area contributed by atoms with Gasteiger partial charge in [-0.1, -0.05) is 43.3 Å². The van der Waals surface area contributed by atoms with Crippen LogP contribution in [0.3, 0.4) is 0 Å². The minimum Gasteiger partial charge on any atom is -0.343 e. The number of carbonyl (C=O) groups is 4. The molecule has 0 radical (unpaired) electrons. The fourth-order valence-corrected chi connectivity index (χ4v) is 7.52. The maximum atomic E-state index is 14.4. The van der Waals surface area contributed by atoms with Crippen molar-refractivity contribution in [3.8, 4) is 0 Å². The average Bonchev–Trinajstić information content (AvgIpc) is 3.60. The molecule has 1 aliphatic carbocycles. The molecule has 0 saturated carbocycles. The van der Waals surface area contributed by atoms with Gasteiger partial charge in [-0.3, -0.25) is 19.2 Å². The monoisotopic (exact) mass is 665 g/mol. The first-order valence-electron chi connectivity index (χ1n) is 17.1. The van der Waals surface area contributed by atoms with Crippen molar-refractivity contribution in [1.29, 1.82) is 0 Å². The molecular weight excluding hydrogens is 618 g/mol. The van der Waals surface area contributed by atoms with Crippen LogP contribution in [0, 0.1) is 5.41 Å². The molecule has 11 heteroatoms. The number of benzene rings is 2. The zero-order chi connectivity index (χ0) is 34.8. The number of amides is 4. The summed E-state index contributed by atoms with van der Waals surface area (Å²) in [5.41, 5.74) is 4.27. The maximum absolute atomic E-state index is 14.4. The number of nitrogens with zero attached hydrogens (tertiary/aromatic N) is 4. The Bertz CT molecular complexity index is 1750. The third-order valence-electron chi connectivity index (χ3n) is 10.4. The number of piperidine rings is 1. The molecule has 2 aliphatic heterocycles. The Labute approximate surface area is 288 Å². The van der Waals surface area contributed by atoms with Crippen molar-refractivity contribution >= 4 is 35.1 Å². The lowest BCUT2D eigenvalue weighted by atomic mass is 9.78. The molecule has 1 atom stereocenters. The molecule has 258 valence electrons. The smallest absolute Gasteiger partial charge is 0.244 e. The van der Waals surface area contributed by atoms with E-state index in [1.165, 1.54) is 0 Å². The van der Waals surface area contributed by atoms with E-state index in [1.54, 1.807) is 11.1 Å². The Morgan fingerprint density at radius 1 is 0.980 bits per heavy atom. The fraction of sp³-hybridized carbons (Fsp3) is 0.447. The third-order valence-corrected chi connectivity index (χ3v) is 10.4. The fourth-order valence-electron chi connectivity index (χ4n) is 7.52. The number of fused-ring (bicyclic) bond motifs is 3. The molecule has 2 aromatic carbocycles. The van der Waals surface area contributed by atoms with Crippen LogP contribution in [0.4, 0.5) is 11.5 Å². The predicted octanol–water partition coefficient (Wildman–Crippen LogP) is 3.34. The summed E-state index contributed by atoms with van der Waals surface area (Å²) in [7, 11) is 5.78. The summed E-state index contributed by atoms with van der Waals surface area (Å²) in [6.07, 6.45) is 4.30. The minimum atomic E-state index is -0.703. The zero-order valence-electron chi connectivity index (χ0n) is 29.0. The highest BCUT2D eigenvalue weighted by molar-refractivity contribution is 6.06. The summed E-state index contributed by atoms with van der Waals surface area (Å²) in [5, 5.41) is 9.18. The Hall–Kier alpha value is -4.61. The van der Waals surface area contributed by atoms with Crippen molar-refractivity contribution in [1.82, 2.24) is 25.0 Å². The number of rotatable bonds is 11. The van der Waals surface area contributed by atoms with E-state index < -0.39 is 10.8 Å². The Kier molecular flexibility index (Phi) is 9.85. The number of carbonyl (C=O) groups excluding carboxylic acids is 4. The van der Waals surface area contributed by atoms with Gasteiger partial charge in [0.05, 0.1) is 5.41 Å². The molecule has 1 unspecified atom stereocenters. The highest BCUT2D eigenvalue weighted by Crippen LogP contribution is 2.47. The standard InChI is InChI=1S/C38H47N7O4/c1-37(14-18-44(19-15-37)33(47)13-17-43(3)4)36(49)45(24-28-9-6-5-8-27(28)23-39-2)25-32(46)41-30-12-11-26-21-38(22-29(26)20-30)31-10-7-16-40-34(31)42-35(38)48/h5-12,16,20,39H,13-15,17-19,21-25H2,1-4H3,(H,41,46)(H,40,42,48). The second-order valence-corrected chi connectivity index (χ2v) is 14.3. The molecule has 3 aromatic rings. The Balaban J connectivity index is 1.17. The summed E-state index contributed by atoms with van der Waals surface area (Å²) in [6, 6.07) is 17.6. The molecule has 1 aromatic heterocycles. The lowest BCUT2D eigenvalue weighted by Gasteiger charge is -2.41. The van der Waals surface area contributed by atoms with E-state index in [0.717, 1.165) is 27.8 Å². The molecule has 11 nitrogen and oxygen atoms in total. The van der Waals surface area contributed by atoms with Crippen LogP contribution in [-0.2, 0) is 50.5 Å². The van der Waals surface area contributed by atoms with E-state index in [2.05, 4.69) is 20.9 Å². The summed E-state index contributed by atoms with van der Waals surface area (Å²) in [6.45, 7) is 4.49. The van der Waals surface area contributed by atoms with E-state index in [1.807, 2.05) is 92.5 Å². The van der Waals surface area contributed by atoms with Gasteiger partial charge in [0.25, 0.3) is 0 Å². The average molecular weight is 666 g/mol. The van der Waals surface area contributed by atoms with Gasteiger partial charge in [0.15, 0.2) is 0 Å². The van der Waals surface area contributed by atoms with Crippen LogP contribution in [0.2, 0.25) is 0 Å². The van der Waals surface area contributed by atoms with Crippen molar-refractivity contribution < 1.29 is 19.2 Å². The molecule has 0 bridgehead atoms. The molecule has 6 rings (SSSR count). The second-order valence-electron chi connectivity index (χ2n) is 14.3. The lowest BCUT2D eigenvalue weighted by molar-refractivity contribution is -0.149. The summed E-state index contributed by atoms with van der Waals surface area (Å²) < 4.78 is 0. The van der Waals surface area contributed by atoms with Gasteiger partial charge in [-0.25, -0.2) is 4.98 Å². The van der Waals surface area contributed by atoms with Crippen LogP contribution in [0.15, 0.2) is 60.8 Å². The Morgan fingerprint density at radius 2 is 1.71 bits per heavy atom. The first-order valence-corrected chi connectivity index (χ1v) is 17.1. The maximum Gasteiger partial charge on any atom is 0.244 e. The van der Waals surface area contributed by atoms with Crippen LogP contribution < -0.4 is 16.0 Å². The molecule has 49 heavy (non-hydrogen) atoms. The van der Waals surface area contributed by atoms with Gasteiger partial charge in [-0.15, -0.1) is 0 Å². The minimum absolute atomic E-state index is 0.0482. The van der Waals surface area contributed by atoms with Crippen molar-refractivity contribution in [3.63, 3.8) is 0 Å². The van der Waals surface area contributed by atoms with E-state index in [9.17, 15) is 19.2 Å². The van der Waals surface area contributed by atoms with Crippen LogP contribution in [-0.4, -0.2) is 90.6 Å². The quantitative estimate of drug-likeness (QED) is 0.287. The molecule has 3 aliphatic rings. The van der Waals surface area contributed by atoms with Crippen LogP contribution >= 0.6 is 0 Å². The molecule has 3 heterocycles. The van der Waals surface area contributed by atoms with Crippen molar-refractivity contribution in [2.75, 3.05) is 58.0 Å². The molecule has 1 fully saturated rings. The van der Waals surface area contributed by atoms with Gasteiger partial charge < -0.3 is 30.7 Å². The highest BCUT2D eigenvalue weighted by Gasteiger charge is 2.51. The van der Waals surface area contributed by atoms with E-state index >= 15 is 0 Å². The van der Waals surface area contributed by atoms with E-state index in [-0.39, 0.29) is 30.2 Å². The summed E-state index contributed by atoms with van der Waals surface area (Å²) >= 11 is 0. The SMILES string of the molecule is CNCc1ccccc1CN(CC(=O)Nc1ccc2c(c1)CC1(C2)C(=O)Nc2ncccc21)C(=O)C1(C)CCN(C(=O)CCN(C)C)CC1. The van der Waals surface area contributed by atoms with Gasteiger partial charge in [0.1, 0.15) is 12.4 Å². The molecule has 1 saturated heterocycles. The number of likely N-dealkylation sites (tertiary alicyclic amines) is 1. The van der Waals surface area contributed by atoms with Gasteiger partial charge in [-0.2, -0.15) is 0 Å². The number of nitrogens with one attached hydrogen (secondary N) is 3. The van der Waals surface area contributed by atoms with Crippen molar-refractivity contribution in [2.24, 2.45) is 5.41 Å². The van der Waals surface area contributed by atoms with Gasteiger partial charge >= 0.3 is 0 Å². The number of hydrogen-bond acceptors (Lipinski definition) is 7. The number of aromatic nitrogens is 1. The second kappa shape index (κ2) is 14.1.